The van der Waals surface area contributed by atoms with Gasteiger partial charge in [-0.1, -0.05) is 6.08 Å². The zero-order valence-electron chi connectivity index (χ0n) is 17.1. The molecule has 1 aromatic rings. The number of amides is 1. The number of rotatable bonds is 5. The van der Waals surface area contributed by atoms with Crippen molar-refractivity contribution in [3.05, 3.63) is 42.4 Å². The molecular weight excluding hydrogens is 371 g/mol. The van der Waals surface area contributed by atoms with Gasteiger partial charge in [0.25, 0.3) is 0 Å². The molecule has 4 rings (SSSR count). The summed E-state index contributed by atoms with van der Waals surface area (Å²) in [5, 5.41) is 10.4. The first-order valence-electron chi connectivity index (χ1n) is 10.6. The van der Waals surface area contributed by atoms with Crippen LogP contribution in [-0.4, -0.2) is 90.7 Å². The highest BCUT2D eigenvalue weighted by Gasteiger charge is 2.41. The number of carbonyl (C=O) groups is 1. The van der Waals surface area contributed by atoms with Crippen LogP contribution in [0, 0.1) is 11.7 Å². The van der Waals surface area contributed by atoms with Gasteiger partial charge in [-0.2, -0.15) is 0 Å². The van der Waals surface area contributed by atoms with E-state index in [2.05, 4.69) is 9.80 Å². The average molecular weight is 403 g/mol. The molecule has 3 atom stereocenters. The second-order valence-electron chi connectivity index (χ2n) is 8.36. The highest BCUT2D eigenvalue weighted by molar-refractivity contribution is 5.82. The van der Waals surface area contributed by atoms with Crippen LogP contribution < -0.4 is 4.90 Å². The van der Waals surface area contributed by atoms with Crippen LogP contribution in [0.3, 0.4) is 0 Å². The van der Waals surface area contributed by atoms with Crippen LogP contribution in [0.15, 0.2) is 36.5 Å². The molecule has 0 aliphatic carbocycles. The number of aliphatic hydroxyl groups is 1. The topological polar surface area (TPSA) is 50.3 Å². The van der Waals surface area contributed by atoms with E-state index in [0.717, 1.165) is 51.4 Å². The van der Waals surface area contributed by atoms with Crippen LogP contribution in [0.25, 0.3) is 0 Å². The van der Waals surface area contributed by atoms with Gasteiger partial charge in [-0.15, -0.1) is 0 Å². The maximum absolute atomic E-state index is 13.1. The molecule has 3 aliphatic rings. The maximum Gasteiger partial charge on any atom is 0.231 e. The highest BCUT2D eigenvalue weighted by Crippen LogP contribution is 2.29. The van der Waals surface area contributed by atoms with E-state index < -0.39 is 6.10 Å². The fourth-order valence-electron chi connectivity index (χ4n) is 4.80. The molecule has 6 nitrogen and oxygen atoms in total. The van der Waals surface area contributed by atoms with Crippen LogP contribution in [0.1, 0.15) is 12.8 Å². The van der Waals surface area contributed by atoms with Crippen molar-refractivity contribution < 1.29 is 14.3 Å². The Bertz CT molecular complexity index is 733. The Labute approximate surface area is 172 Å². The quantitative estimate of drug-likeness (QED) is 0.806. The van der Waals surface area contributed by atoms with Gasteiger partial charge in [0, 0.05) is 52.0 Å². The SMILES string of the molecule is CN1C=CC2C(=O)N(CCCN3CCN(c4ccc(F)cc4)CC3)CC[C@H](O)C21. The van der Waals surface area contributed by atoms with Crippen molar-refractivity contribution in [1.82, 2.24) is 14.7 Å². The van der Waals surface area contributed by atoms with Crippen molar-refractivity contribution in [2.75, 3.05) is 57.8 Å². The fraction of sp³-hybridized carbons (Fsp3) is 0.591. The number of aliphatic hydroxyl groups excluding tert-OH is 1. The summed E-state index contributed by atoms with van der Waals surface area (Å²) < 4.78 is 13.1. The van der Waals surface area contributed by atoms with Crippen LogP contribution >= 0.6 is 0 Å². The van der Waals surface area contributed by atoms with Gasteiger partial charge in [0.15, 0.2) is 0 Å². The Morgan fingerprint density at radius 2 is 1.79 bits per heavy atom. The molecule has 0 saturated carbocycles. The van der Waals surface area contributed by atoms with Crippen molar-refractivity contribution in [1.29, 1.82) is 0 Å². The van der Waals surface area contributed by atoms with E-state index in [1.54, 1.807) is 0 Å². The van der Waals surface area contributed by atoms with Gasteiger partial charge in [-0.25, -0.2) is 4.39 Å². The standard InChI is InChI=1S/C22H31FN4O2/c1-24-11-7-19-21(24)20(28)8-12-27(22(19)29)10-2-9-25-13-15-26(16-14-25)18-5-3-17(23)4-6-18/h3-7,11,19-21,28H,2,8-10,12-16H2,1H3/t19?,20-,21?/m0/s1. The van der Waals surface area contributed by atoms with Gasteiger partial charge in [-0.05, 0) is 49.9 Å². The van der Waals surface area contributed by atoms with E-state index in [4.69, 9.17) is 0 Å². The van der Waals surface area contributed by atoms with E-state index >= 15 is 0 Å². The number of anilines is 1. The number of fused-ring (bicyclic) bond motifs is 1. The molecule has 3 heterocycles. The number of likely N-dealkylation sites (tertiary alicyclic amines) is 1. The number of benzene rings is 1. The molecular formula is C22H31FN4O2. The van der Waals surface area contributed by atoms with Crippen molar-refractivity contribution in [2.45, 2.75) is 25.0 Å². The van der Waals surface area contributed by atoms with Gasteiger partial charge in [0.05, 0.1) is 18.1 Å². The number of piperazine rings is 1. The molecule has 2 unspecified atom stereocenters. The lowest BCUT2D eigenvalue weighted by atomic mass is 9.96. The normalized spacial score (nSPS) is 28.0. The first-order valence-corrected chi connectivity index (χ1v) is 10.6. The molecule has 1 amide bonds. The molecule has 2 fully saturated rings. The van der Waals surface area contributed by atoms with Crippen LogP contribution in [0.2, 0.25) is 0 Å². The Morgan fingerprint density at radius 3 is 2.52 bits per heavy atom. The van der Waals surface area contributed by atoms with Crippen molar-refractivity contribution >= 4 is 11.6 Å². The van der Waals surface area contributed by atoms with Crippen LogP contribution in [-0.2, 0) is 4.79 Å². The minimum Gasteiger partial charge on any atom is -0.391 e. The Kier molecular flexibility index (Phi) is 6.06. The molecule has 0 radical (unpaired) electrons. The molecule has 0 aromatic heterocycles. The summed E-state index contributed by atoms with van der Waals surface area (Å²) in [6.45, 7) is 6.15. The Balaban J connectivity index is 1.23. The zero-order valence-corrected chi connectivity index (χ0v) is 17.1. The zero-order chi connectivity index (χ0) is 20.4. The van der Waals surface area contributed by atoms with Gasteiger partial charge >= 0.3 is 0 Å². The number of nitrogens with zero attached hydrogens (tertiary/aromatic N) is 4. The molecule has 0 spiro atoms. The maximum atomic E-state index is 13.1. The summed E-state index contributed by atoms with van der Waals surface area (Å²) in [5.41, 5.74) is 1.07. The summed E-state index contributed by atoms with van der Waals surface area (Å²) in [4.78, 5) is 21.5. The molecule has 2 saturated heterocycles. The summed E-state index contributed by atoms with van der Waals surface area (Å²) >= 11 is 0. The number of likely N-dealkylation sites (N-methyl/N-ethyl adjacent to an activating group) is 1. The van der Waals surface area contributed by atoms with Crippen molar-refractivity contribution in [2.24, 2.45) is 5.92 Å². The molecule has 1 aromatic carbocycles. The first-order chi connectivity index (χ1) is 14.0. The molecule has 7 heteroatoms. The second kappa shape index (κ2) is 8.71. The van der Waals surface area contributed by atoms with E-state index in [9.17, 15) is 14.3 Å². The van der Waals surface area contributed by atoms with E-state index in [1.165, 1.54) is 12.1 Å². The summed E-state index contributed by atoms with van der Waals surface area (Å²) in [6, 6.07) is 6.59. The third-order valence-electron chi connectivity index (χ3n) is 6.52. The largest absolute Gasteiger partial charge is 0.391 e. The second-order valence-corrected chi connectivity index (χ2v) is 8.36. The molecule has 0 bridgehead atoms. The van der Waals surface area contributed by atoms with Gasteiger partial charge in [0.2, 0.25) is 5.91 Å². The van der Waals surface area contributed by atoms with Crippen LogP contribution in [0.5, 0.6) is 0 Å². The summed E-state index contributed by atoms with van der Waals surface area (Å²) in [5.74, 6) is -0.279. The Morgan fingerprint density at radius 1 is 1.07 bits per heavy atom. The predicted octanol–water partition coefficient (Wildman–Crippen LogP) is 1.37. The number of halogens is 1. The van der Waals surface area contributed by atoms with E-state index in [-0.39, 0.29) is 23.7 Å². The average Bonchev–Trinajstić information content (AvgIpc) is 3.07. The highest BCUT2D eigenvalue weighted by atomic mass is 19.1. The van der Waals surface area contributed by atoms with Crippen LogP contribution in [0.4, 0.5) is 10.1 Å². The monoisotopic (exact) mass is 402 g/mol. The molecule has 29 heavy (non-hydrogen) atoms. The third kappa shape index (κ3) is 4.41. The number of hydrogen-bond donors (Lipinski definition) is 1. The molecule has 158 valence electrons. The lowest BCUT2D eigenvalue weighted by molar-refractivity contribution is -0.134. The van der Waals surface area contributed by atoms with Gasteiger partial charge in [0.1, 0.15) is 5.82 Å². The van der Waals surface area contributed by atoms with Crippen molar-refractivity contribution in [3.63, 3.8) is 0 Å². The fourth-order valence-corrected chi connectivity index (χ4v) is 4.80. The van der Waals surface area contributed by atoms with Crippen molar-refractivity contribution in [3.8, 4) is 0 Å². The molecule has 3 aliphatic heterocycles. The first kappa shape index (κ1) is 20.2. The lowest BCUT2D eigenvalue weighted by Crippen LogP contribution is -2.47. The minimum atomic E-state index is -0.464. The number of carbonyl (C=O) groups excluding carboxylic acids is 1. The third-order valence-corrected chi connectivity index (χ3v) is 6.52. The minimum absolute atomic E-state index is 0.118. The predicted molar refractivity (Wildman–Crippen MR) is 111 cm³/mol. The van der Waals surface area contributed by atoms with E-state index in [0.29, 0.717) is 13.0 Å². The summed E-state index contributed by atoms with van der Waals surface area (Å²) in [7, 11) is 1.93. The van der Waals surface area contributed by atoms with E-state index in [1.807, 2.05) is 41.3 Å². The summed E-state index contributed by atoms with van der Waals surface area (Å²) in [6.07, 6.45) is 4.96. The van der Waals surface area contributed by atoms with Gasteiger partial charge in [-0.3, -0.25) is 9.69 Å². The molecule has 1 N–H and O–H groups in total. The smallest absolute Gasteiger partial charge is 0.231 e. The number of hydrogen-bond acceptors (Lipinski definition) is 5. The Hall–Kier alpha value is -2.12. The lowest BCUT2D eigenvalue weighted by Gasteiger charge is -2.36. The van der Waals surface area contributed by atoms with Gasteiger partial charge < -0.3 is 19.8 Å².